The molecular weight excluding hydrogens is 737 g/mol. The zero-order valence-electron chi connectivity index (χ0n) is 31.3. The van der Waals surface area contributed by atoms with Gasteiger partial charge in [0.25, 0.3) is 0 Å². The second kappa shape index (κ2) is 12.3. The van der Waals surface area contributed by atoms with Crippen LogP contribution in [-0.2, 0) is 0 Å². The molecule has 11 aromatic carbocycles. The molecular formula is C56H32S2. The molecule has 0 atom stereocenters. The standard InChI is InChI=1S/C56H32S2/c1-2-12-41-33(10-1)11-9-18-42(41)54-45-15-5-3-13-43(45)53(44-14-4-6-16-46(44)54)39-25-24-35-28-34(20-21-36(35)29-39)37-22-23-38-31-49-47-26-27-51-55(48-17-7-8-19-50(48)57-51)56(47)58-52(49)32-40(38)30-37/h1-32H. The van der Waals surface area contributed by atoms with Gasteiger partial charge in [0, 0.05) is 40.3 Å². The molecule has 0 N–H and O–H groups in total. The van der Waals surface area contributed by atoms with E-state index in [2.05, 4.69) is 194 Å². The Labute approximate surface area is 342 Å². The summed E-state index contributed by atoms with van der Waals surface area (Å²) in [5.41, 5.74) is 7.58. The highest BCUT2D eigenvalue weighted by Gasteiger charge is 2.19. The smallest absolute Gasteiger partial charge is 0.0448 e. The fourth-order valence-electron chi connectivity index (χ4n) is 9.72. The largest absolute Gasteiger partial charge is 0.135 e. The Kier molecular flexibility index (Phi) is 6.86. The Bertz CT molecular complexity index is 3800. The minimum Gasteiger partial charge on any atom is -0.135 e. The number of benzene rings is 11. The van der Waals surface area contributed by atoms with Crippen molar-refractivity contribution in [3.63, 3.8) is 0 Å². The second-order valence-corrected chi connectivity index (χ2v) is 17.7. The summed E-state index contributed by atoms with van der Waals surface area (Å²) in [6.07, 6.45) is 0. The molecule has 0 amide bonds. The van der Waals surface area contributed by atoms with Crippen molar-refractivity contribution in [2.45, 2.75) is 0 Å². The van der Waals surface area contributed by atoms with Crippen molar-refractivity contribution in [2.75, 3.05) is 0 Å². The molecule has 0 fully saturated rings. The summed E-state index contributed by atoms with van der Waals surface area (Å²) < 4.78 is 5.47. The van der Waals surface area contributed by atoms with Crippen LogP contribution in [0.1, 0.15) is 0 Å². The summed E-state index contributed by atoms with van der Waals surface area (Å²) in [6.45, 7) is 0. The van der Waals surface area contributed by atoms with E-state index in [0.29, 0.717) is 0 Å². The minimum absolute atomic E-state index is 1.24. The van der Waals surface area contributed by atoms with Crippen molar-refractivity contribution in [2.24, 2.45) is 0 Å². The molecule has 0 aliphatic rings. The molecule has 0 unspecified atom stereocenters. The Balaban J connectivity index is 0.927. The van der Waals surface area contributed by atoms with Crippen LogP contribution >= 0.6 is 22.7 Å². The topological polar surface area (TPSA) is 0 Å². The van der Waals surface area contributed by atoms with Crippen molar-refractivity contribution in [3.05, 3.63) is 194 Å². The maximum Gasteiger partial charge on any atom is 0.0448 e. The molecule has 268 valence electrons. The highest BCUT2D eigenvalue weighted by atomic mass is 32.1. The van der Waals surface area contributed by atoms with Gasteiger partial charge in [0.1, 0.15) is 0 Å². The van der Waals surface area contributed by atoms with Crippen LogP contribution < -0.4 is 0 Å². The first-order valence-corrected chi connectivity index (χ1v) is 21.5. The third-order valence-corrected chi connectivity index (χ3v) is 14.7. The lowest BCUT2D eigenvalue weighted by atomic mass is 9.84. The first kappa shape index (κ1) is 32.3. The molecule has 0 nitrogen and oxygen atoms in total. The highest BCUT2D eigenvalue weighted by Crippen LogP contribution is 2.47. The normalized spacial score (nSPS) is 12.1. The Morgan fingerprint density at radius 1 is 0.259 bits per heavy atom. The Morgan fingerprint density at radius 3 is 1.57 bits per heavy atom. The van der Waals surface area contributed by atoms with E-state index >= 15 is 0 Å². The molecule has 13 rings (SSSR count). The third kappa shape index (κ3) is 4.74. The van der Waals surface area contributed by atoms with Gasteiger partial charge in [-0.3, -0.25) is 0 Å². The van der Waals surface area contributed by atoms with Gasteiger partial charge in [0.15, 0.2) is 0 Å². The van der Waals surface area contributed by atoms with Gasteiger partial charge in [-0.2, -0.15) is 0 Å². The first-order valence-electron chi connectivity index (χ1n) is 19.9. The summed E-state index contributed by atoms with van der Waals surface area (Å²) in [5.74, 6) is 0. The highest BCUT2D eigenvalue weighted by molar-refractivity contribution is 7.29. The van der Waals surface area contributed by atoms with Gasteiger partial charge in [0.2, 0.25) is 0 Å². The molecule has 58 heavy (non-hydrogen) atoms. The van der Waals surface area contributed by atoms with Crippen molar-refractivity contribution >= 4 is 117 Å². The fraction of sp³-hybridized carbons (Fsp3) is 0. The van der Waals surface area contributed by atoms with Crippen LogP contribution in [0.15, 0.2) is 194 Å². The zero-order valence-corrected chi connectivity index (χ0v) is 32.9. The summed E-state index contributed by atoms with van der Waals surface area (Å²) >= 11 is 3.83. The first-order chi connectivity index (χ1) is 28.7. The predicted octanol–water partition coefficient (Wildman–Crippen LogP) is 17.2. The van der Waals surface area contributed by atoms with Gasteiger partial charge < -0.3 is 0 Å². The SMILES string of the molecule is c1ccc2c(-c3c4ccccc4c(-c4ccc5cc(-c6ccc7cc8c(cc7c6)sc6c8ccc7sc8ccccc8c76)ccc5c4)c4ccccc34)cccc2c1. The number of fused-ring (bicyclic) bond motifs is 12. The fourth-order valence-corrected chi connectivity index (χ4v) is 12.2. The number of hydrogen-bond donors (Lipinski definition) is 0. The van der Waals surface area contributed by atoms with Crippen LogP contribution in [0.25, 0.3) is 128 Å². The maximum atomic E-state index is 2.41. The molecule has 0 aliphatic heterocycles. The molecule has 0 saturated heterocycles. The summed E-state index contributed by atoms with van der Waals surface area (Å²) in [5, 5.41) is 18.2. The van der Waals surface area contributed by atoms with E-state index in [1.807, 2.05) is 22.7 Å². The molecule has 2 aromatic heterocycles. The molecule has 0 radical (unpaired) electrons. The van der Waals surface area contributed by atoms with Gasteiger partial charge >= 0.3 is 0 Å². The lowest BCUT2D eigenvalue weighted by molar-refractivity contribution is 1.67. The molecule has 0 bridgehead atoms. The van der Waals surface area contributed by atoms with Crippen LogP contribution in [0.5, 0.6) is 0 Å². The zero-order chi connectivity index (χ0) is 37.9. The monoisotopic (exact) mass is 768 g/mol. The van der Waals surface area contributed by atoms with Crippen LogP contribution in [0.4, 0.5) is 0 Å². The van der Waals surface area contributed by atoms with Crippen molar-refractivity contribution in [1.82, 2.24) is 0 Å². The average Bonchev–Trinajstić information content (AvgIpc) is 3.84. The summed E-state index contributed by atoms with van der Waals surface area (Å²) in [7, 11) is 0. The molecule has 13 aromatic rings. The predicted molar refractivity (Wildman–Crippen MR) is 256 cm³/mol. The quantitative estimate of drug-likeness (QED) is 0.157. The third-order valence-electron chi connectivity index (χ3n) is 12.4. The van der Waals surface area contributed by atoms with Gasteiger partial charge in [0.05, 0.1) is 0 Å². The van der Waals surface area contributed by atoms with Crippen LogP contribution in [-0.4, -0.2) is 0 Å². The lowest BCUT2D eigenvalue weighted by Gasteiger charge is -2.19. The summed E-state index contributed by atoms with van der Waals surface area (Å²) in [6, 6.07) is 72.6. The molecule has 0 spiro atoms. The number of rotatable bonds is 3. The van der Waals surface area contributed by atoms with Crippen molar-refractivity contribution in [1.29, 1.82) is 0 Å². The van der Waals surface area contributed by atoms with Crippen molar-refractivity contribution < 1.29 is 0 Å². The van der Waals surface area contributed by atoms with E-state index in [1.54, 1.807) is 0 Å². The number of hydrogen-bond acceptors (Lipinski definition) is 2. The van der Waals surface area contributed by atoms with E-state index in [0.717, 1.165) is 0 Å². The molecule has 2 heteroatoms. The van der Waals surface area contributed by atoms with Gasteiger partial charge in [-0.15, -0.1) is 22.7 Å². The van der Waals surface area contributed by atoms with Crippen LogP contribution in [0.2, 0.25) is 0 Å². The van der Waals surface area contributed by atoms with Crippen LogP contribution in [0, 0.1) is 0 Å². The van der Waals surface area contributed by atoms with Gasteiger partial charge in [-0.05, 0) is 130 Å². The van der Waals surface area contributed by atoms with E-state index < -0.39 is 0 Å². The average molecular weight is 769 g/mol. The molecule has 0 aliphatic carbocycles. The maximum absolute atomic E-state index is 2.41. The number of thiophene rings is 2. The van der Waals surface area contributed by atoms with Crippen LogP contribution in [0.3, 0.4) is 0 Å². The minimum atomic E-state index is 1.24. The second-order valence-electron chi connectivity index (χ2n) is 15.6. The van der Waals surface area contributed by atoms with E-state index in [9.17, 15) is 0 Å². The van der Waals surface area contributed by atoms with Gasteiger partial charge in [-0.25, -0.2) is 0 Å². The van der Waals surface area contributed by atoms with E-state index in [4.69, 9.17) is 0 Å². The Morgan fingerprint density at radius 2 is 0.828 bits per heavy atom. The lowest BCUT2D eigenvalue weighted by Crippen LogP contribution is -1.91. The van der Waals surface area contributed by atoms with E-state index in [-0.39, 0.29) is 0 Å². The molecule has 2 heterocycles. The molecule has 0 saturated carbocycles. The van der Waals surface area contributed by atoms with Gasteiger partial charge in [-0.1, -0.05) is 152 Å². The summed E-state index contributed by atoms with van der Waals surface area (Å²) in [4.78, 5) is 0. The van der Waals surface area contributed by atoms with Crippen molar-refractivity contribution in [3.8, 4) is 33.4 Å². The Hall–Kier alpha value is -6.84. The van der Waals surface area contributed by atoms with E-state index in [1.165, 1.54) is 128 Å².